The quantitative estimate of drug-likeness (QED) is 0.472. The molecule has 2 amide bonds. The minimum absolute atomic E-state index is 0.0752. The first-order valence-electron chi connectivity index (χ1n) is 10.6. The van der Waals surface area contributed by atoms with Crippen LogP contribution in [0.5, 0.6) is 0 Å². The maximum absolute atomic E-state index is 12.1. The van der Waals surface area contributed by atoms with Crippen molar-refractivity contribution in [1.29, 1.82) is 0 Å². The number of ether oxygens (including phenoxy) is 1. The van der Waals surface area contributed by atoms with Gasteiger partial charge in [0.1, 0.15) is 5.60 Å². The Balaban J connectivity index is 1.69. The molecular weight excluding hydrogens is 358 g/mol. The lowest BCUT2D eigenvalue weighted by atomic mass is 9.95. The van der Waals surface area contributed by atoms with E-state index in [9.17, 15) is 9.59 Å². The molecule has 0 bridgehead atoms. The molecule has 0 radical (unpaired) electrons. The number of likely N-dealkylation sites (tertiary alicyclic amines) is 1. The van der Waals surface area contributed by atoms with E-state index in [4.69, 9.17) is 4.74 Å². The molecule has 2 rings (SSSR count). The van der Waals surface area contributed by atoms with Gasteiger partial charge in [0.2, 0.25) is 5.91 Å². The number of nitrogens with one attached hydrogen (secondary N) is 3. The molecule has 1 aliphatic heterocycles. The summed E-state index contributed by atoms with van der Waals surface area (Å²) >= 11 is 0. The normalized spacial score (nSPS) is 19.0. The van der Waals surface area contributed by atoms with Crippen LogP contribution in [0.1, 0.15) is 66.2 Å². The van der Waals surface area contributed by atoms with Crippen molar-refractivity contribution >= 4 is 18.0 Å². The van der Waals surface area contributed by atoms with Crippen LogP contribution in [0.25, 0.3) is 0 Å². The lowest BCUT2D eigenvalue weighted by Gasteiger charge is -2.40. The summed E-state index contributed by atoms with van der Waals surface area (Å²) in [6, 6.07) is 0.479. The van der Waals surface area contributed by atoms with Crippen molar-refractivity contribution < 1.29 is 14.3 Å². The molecule has 8 nitrogen and oxygen atoms in total. The van der Waals surface area contributed by atoms with Gasteiger partial charge in [0.05, 0.1) is 12.6 Å². The number of hydrogen-bond acceptors (Lipinski definition) is 4. The summed E-state index contributed by atoms with van der Waals surface area (Å²) in [5, 5.41) is 9.62. The molecule has 0 unspecified atom stereocenters. The molecule has 0 atom stereocenters. The molecule has 160 valence electrons. The summed E-state index contributed by atoms with van der Waals surface area (Å²) in [7, 11) is 0. The topological polar surface area (TPSA) is 95.1 Å². The number of guanidine groups is 1. The van der Waals surface area contributed by atoms with Gasteiger partial charge < -0.3 is 25.6 Å². The number of hydrogen-bond donors (Lipinski definition) is 3. The SMILES string of the molecule is CCNC(=NCCC(=O)NC1CCCCC1)NC1CN(C(=O)OC(C)(C)C)C1. The molecule has 2 aliphatic rings. The molecule has 0 aromatic rings. The van der Waals surface area contributed by atoms with E-state index in [1.54, 1.807) is 4.90 Å². The number of aliphatic imine (C=N–C) groups is 1. The summed E-state index contributed by atoms with van der Waals surface area (Å²) in [5.41, 5.74) is -0.482. The zero-order chi connectivity index (χ0) is 20.6. The summed E-state index contributed by atoms with van der Waals surface area (Å²) < 4.78 is 5.36. The summed E-state index contributed by atoms with van der Waals surface area (Å²) in [6.45, 7) is 9.94. The second kappa shape index (κ2) is 10.5. The van der Waals surface area contributed by atoms with Crippen LogP contribution >= 0.6 is 0 Å². The van der Waals surface area contributed by atoms with Crippen LogP contribution in [0.15, 0.2) is 4.99 Å². The van der Waals surface area contributed by atoms with E-state index in [2.05, 4.69) is 20.9 Å². The highest BCUT2D eigenvalue weighted by Crippen LogP contribution is 2.17. The van der Waals surface area contributed by atoms with Crippen LogP contribution in [-0.2, 0) is 9.53 Å². The van der Waals surface area contributed by atoms with Gasteiger partial charge in [0.15, 0.2) is 5.96 Å². The molecule has 8 heteroatoms. The molecule has 1 aliphatic carbocycles. The van der Waals surface area contributed by atoms with Crippen molar-refractivity contribution in [1.82, 2.24) is 20.9 Å². The molecule has 28 heavy (non-hydrogen) atoms. The second-order valence-corrected chi connectivity index (χ2v) is 8.64. The lowest BCUT2D eigenvalue weighted by Crippen LogP contribution is -2.63. The predicted molar refractivity (Wildman–Crippen MR) is 110 cm³/mol. The number of nitrogens with zero attached hydrogens (tertiary/aromatic N) is 2. The van der Waals surface area contributed by atoms with E-state index in [1.807, 2.05) is 27.7 Å². The van der Waals surface area contributed by atoms with Crippen molar-refractivity contribution in [2.75, 3.05) is 26.2 Å². The Hall–Kier alpha value is -1.99. The van der Waals surface area contributed by atoms with E-state index < -0.39 is 5.60 Å². The average molecular weight is 396 g/mol. The molecule has 0 aromatic heterocycles. The Bertz CT molecular complexity index is 547. The van der Waals surface area contributed by atoms with Crippen LogP contribution in [0.4, 0.5) is 4.79 Å². The van der Waals surface area contributed by atoms with E-state index in [0.717, 1.165) is 19.4 Å². The summed E-state index contributed by atoms with van der Waals surface area (Å²) in [6.07, 6.45) is 5.98. The fourth-order valence-corrected chi connectivity index (χ4v) is 3.37. The molecule has 1 saturated heterocycles. The van der Waals surface area contributed by atoms with Gasteiger partial charge in [-0.1, -0.05) is 19.3 Å². The molecular formula is C20H37N5O3. The molecule has 3 N–H and O–H groups in total. The van der Waals surface area contributed by atoms with Crippen molar-refractivity contribution in [2.24, 2.45) is 4.99 Å². The minimum atomic E-state index is -0.482. The maximum atomic E-state index is 12.1. The fourth-order valence-electron chi connectivity index (χ4n) is 3.37. The lowest BCUT2D eigenvalue weighted by molar-refractivity contribution is -0.121. The van der Waals surface area contributed by atoms with Crippen molar-refractivity contribution in [3.8, 4) is 0 Å². The Labute approximate surface area is 168 Å². The highest BCUT2D eigenvalue weighted by atomic mass is 16.6. The van der Waals surface area contributed by atoms with Crippen LogP contribution in [0.2, 0.25) is 0 Å². The zero-order valence-electron chi connectivity index (χ0n) is 17.8. The van der Waals surface area contributed by atoms with Gasteiger partial charge >= 0.3 is 6.09 Å². The predicted octanol–water partition coefficient (Wildman–Crippen LogP) is 2.00. The van der Waals surface area contributed by atoms with Gasteiger partial charge in [-0.3, -0.25) is 9.79 Å². The van der Waals surface area contributed by atoms with Crippen molar-refractivity contribution in [3.05, 3.63) is 0 Å². The first kappa shape index (κ1) is 22.3. The van der Waals surface area contributed by atoms with Gasteiger partial charge in [0, 0.05) is 32.1 Å². The average Bonchev–Trinajstić information content (AvgIpc) is 2.56. The van der Waals surface area contributed by atoms with Gasteiger partial charge in [-0.25, -0.2) is 4.79 Å². The fraction of sp³-hybridized carbons (Fsp3) is 0.850. The van der Waals surface area contributed by atoms with Gasteiger partial charge in [0.25, 0.3) is 0 Å². The number of rotatable bonds is 6. The Morgan fingerprint density at radius 1 is 1.07 bits per heavy atom. The Kier molecular flexibility index (Phi) is 8.38. The monoisotopic (exact) mass is 395 g/mol. The second-order valence-electron chi connectivity index (χ2n) is 8.64. The first-order valence-corrected chi connectivity index (χ1v) is 10.6. The van der Waals surface area contributed by atoms with E-state index in [1.165, 1.54) is 19.3 Å². The number of carbonyl (C=O) groups is 2. The number of carbonyl (C=O) groups excluding carboxylic acids is 2. The molecule has 1 heterocycles. The minimum Gasteiger partial charge on any atom is -0.444 e. The van der Waals surface area contributed by atoms with E-state index >= 15 is 0 Å². The summed E-state index contributed by atoms with van der Waals surface area (Å²) in [5.74, 6) is 0.757. The molecule has 1 saturated carbocycles. The molecule has 0 spiro atoms. The van der Waals surface area contributed by atoms with Crippen LogP contribution in [0, 0.1) is 0 Å². The van der Waals surface area contributed by atoms with E-state index in [-0.39, 0.29) is 18.0 Å². The largest absolute Gasteiger partial charge is 0.444 e. The van der Waals surface area contributed by atoms with E-state index in [0.29, 0.717) is 38.1 Å². The van der Waals surface area contributed by atoms with Gasteiger partial charge in [-0.05, 0) is 40.5 Å². The first-order chi connectivity index (χ1) is 13.3. The maximum Gasteiger partial charge on any atom is 0.410 e. The standard InChI is InChI=1S/C20H37N5O3/c1-5-21-18(22-12-11-17(26)23-15-9-7-6-8-10-15)24-16-13-25(14-16)19(27)28-20(2,3)4/h15-16H,5-14H2,1-4H3,(H,23,26)(H2,21,22,24). The van der Waals surface area contributed by atoms with Gasteiger partial charge in [-0.15, -0.1) is 0 Å². The third kappa shape index (κ3) is 7.94. The highest BCUT2D eigenvalue weighted by Gasteiger charge is 2.34. The Morgan fingerprint density at radius 3 is 2.36 bits per heavy atom. The third-order valence-corrected chi connectivity index (χ3v) is 4.80. The molecule has 0 aromatic carbocycles. The van der Waals surface area contributed by atoms with Gasteiger partial charge in [-0.2, -0.15) is 0 Å². The van der Waals surface area contributed by atoms with Crippen molar-refractivity contribution in [3.63, 3.8) is 0 Å². The molecule has 2 fully saturated rings. The van der Waals surface area contributed by atoms with Crippen molar-refractivity contribution in [2.45, 2.75) is 83.9 Å². The van der Waals surface area contributed by atoms with Crippen LogP contribution in [-0.4, -0.2) is 66.7 Å². The Morgan fingerprint density at radius 2 is 1.75 bits per heavy atom. The number of amides is 2. The summed E-state index contributed by atoms with van der Waals surface area (Å²) in [4.78, 5) is 30.3. The van der Waals surface area contributed by atoms with Crippen LogP contribution in [0.3, 0.4) is 0 Å². The third-order valence-electron chi connectivity index (χ3n) is 4.80. The van der Waals surface area contributed by atoms with Crippen LogP contribution < -0.4 is 16.0 Å². The highest BCUT2D eigenvalue weighted by molar-refractivity contribution is 5.81. The zero-order valence-corrected chi connectivity index (χ0v) is 17.8. The smallest absolute Gasteiger partial charge is 0.410 e.